The van der Waals surface area contributed by atoms with Crippen LogP contribution in [0.2, 0.25) is 0 Å². The molecule has 0 radical (unpaired) electrons. The van der Waals surface area contributed by atoms with Crippen molar-refractivity contribution in [3.05, 3.63) is 24.3 Å². The fraction of sp³-hybridized carbons (Fsp3) is 0.500. The van der Waals surface area contributed by atoms with E-state index in [1.165, 1.54) is 38.0 Å². The van der Waals surface area contributed by atoms with Gasteiger partial charge < -0.3 is 10.2 Å². The van der Waals surface area contributed by atoms with Crippen LogP contribution in [0.1, 0.15) is 26.2 Å². The van der Waals surface area contributed by atoms with Gasteiger partial charge in [0.1, 0.15) is 0 Å². The van der Waals surface area contributed by atoms with E-state index in [-0.39, 0.29) is 0 Å². The summed E-state index contributed by atoms with van der Waals surface area (Å²) >= 11 is 0. The summed E-state index contributed by atoms with van der Waals surface area (Å²) in [5, 5.41) is 3.16. The summed E-state index contributed by atoms with van der Waals surface area (Å²) in [7, 11) is 0. The summed E-state index contributed by atoms with van der Waals surface area (Å²) in [5.74, 6) is 5.99. The number of hydrogen-bond acceptors (Lipinski definition) is 3. The number of aliphatic imine (C=N–C) groups is 1. The van der Waals surface area contributed by atoms with Crippen LogP contribution in [0.15, 0.2) is 29.3 Å². The second-order valence-electron chi connectivity index (χ2n) is 4.69. The van der Waals surface area contributed by atoms with Crippen molar-refractivity contribution in [1.29, 1.82) is 0 Å². The second kappa shape index (κ2) is 6.99. The van der Waals surface area contributed by atoms with Gasteiger partial charge in [-0.05, 0) is 50.5 Å². The van der Waals surface area contributed by atoms with Crippen LogP contribution in [-0.2, 0) is 0 Å². The molecule has 1 aliphatic heterocycles. The van der Waals surface area contributed by atoms with Crippen molar-refractivity contribution in [2.24, 2.45) is 10.8 Å². The molecule has 1 heterocycles. The minimum Gasteiger partial charge on any atom is -0.372 e. The molecule has 0 unspecified atom stereocenters. The number of nitrogens with zero attached hydrogens (tertiary/aromatic N) is 2. The van der Waals surface area contributed by atoms with Crippen molar-refractivity contribution >= 4 is 17.3 Å². The molecule has 0 bridgehead atoms. The molecule has 1 aromatic rings. The zero-order valence-electron chi connectivity index (χ0n) is 11.5. The average Bonchev–Trinajstić information content (AvgIpc) is 2.48. The first-order chi connectivity index (χ1) is 9.33. The number of hydrazine groups is 1. The highest BCUT2D eigenvalue weighted by atomic mass is 15.3. The molecule has 0 amide bonds. The van der Waals surface area contributed by atoms with E-state index in [1.807, 2.05) is 6.92 Å². The van der Waals surface area contributed by atoms with E-state index in [9.17, 15) is 0 Å². The van der Waals surface area contributed by atoms with Crippen LogP contribution >= 0.6 is 0 Å². The Morgan fingerprint density at radius 2 is 1.89 bits per heavy atom. The van der Waals surface area contributed by atoms with Crippen molar-refractivity contribution < 1.29 is 0 Å². The van der Waals surface area contributed by atoms with Gasteiger partial charge >= 0.3 is 0 Å². The predicted octanol–water partition coefficient (Wildman–Crippen LogP) is 1.93. The number of piperidine rings is 1. The lowest BCUT2D eigenvalue weighted by molar-refractivity contribution is 0.578. The first-order valence-corrected chi connectivity index (χ1v) is 6.96. The van der Waals surface area contributed by atoms with E-state index in [0.29, 0.717) is 12.5 Å². The number of guanidine groups is 1. The van der Waals surface area contributed by atoms with Crippen LogP contribution in [0.3, 0.4) is 0 Å². The Morgan fingerprint density at radius 1 is 1.21 bits per heavy atom. The molecular weight excluding hydrogens is 238 g/mol. The summed E-state index contributed by atoms with van der Waals surface area (Å²) in [6, 6.07) is 8.42. The maximum Gasteiger partial charge on any atom is 0.210 e. The van der Waals surface area contributed by atoms with Crippen molar-refractivity contribution in [3.8, 4) is 0 Å². The third-order valence-electron chi connectivity index (χ3n) is 3.30. The van der Waals surface area contributed by atoms with Crippen LogP contribution in [0.4, 0.5) is 11.4 Å². The van der Waals surface area contributed by atoms with Gasteiger partial charge in [-0.1, -0.05) is 0 Å². The van der Waals surface area contributed by atoms with E-state index < -0.39 is 0 Å². The molecule has 2 rings (SSSR count). The van der Waals surface area contributed by atoms with Gasteiger partial charge in [0.2, 0.25) is 5.96 Å². The Morgan fingerprint density at radius 3 is 2.47 bits per heavy atom. The lowest BCUT2D eigenvalue weighted by Gasteiger charge is -2.28. The molecule has 1 saturated heterocycles. The minimum absolute atomic E-state index is 0.591. The highest BCUT2D eigenvalue weighted by molar-refractivity contribution is 5.93. The summed E-state index contributed by atoms with van der Waals surface area (Å²) in [6.07, 6.45) is 3.95. The molecule has 1 fully saturated rings. The topological polar surface area (TPSA) is 65.7 Å². The zero-order valence-corrected chi connectivity index (χ0v) is 11.5. The summed E-state index contributed by atoms with van der Waals surface area (Å²) in [4.78, 5) is 6.65. The van der Waals surface area contributed by atoms with E-state index >= 15 is 0 Å². The molecule has 0 saturated carbocycles. The Hall–Kier alpha value is -1.75. The molecule has 0 spiro atoms. The van der Waals surface area contributed by atoms with Crippen LogP contribution in [0.5, 0.6) is 0 Å². The third-order valence-corrected chi connectivity index (χ3v) is 3.30. The number of nitrogens with one attached hydrogen (secondary N) is 2. The monoisotopic (exact) mass is 261 g/mol. The standard InChI is InChI=1S/C14H23N5/c1-2-16-14(18-15)17-12-6-8-13(9-7-12)19-10-4-3-5-11-19/h6-9H,2-5,10-11,15H2,1H3,(H2,16,17,18). The third kappa shape index (κ3) is 3.86. The van der Waals surface area contributed by atoms with Gasteiger partial charge in [0.15, 0.2) is 0 Å². The van der Waals surface area contributed by atoms with Crippen LogP contribution in [-0.4, -0.2) is 25.6 Å². The molecule has 19 heavy (non-hydrogen) atoms. The number of rotatable bonds is 3. The summed E-state index contributed by atoms with van der Waals surface area (Å²) in [5.41, 5.74) is 4.84. The molecule has 1 aromatic carbocycles. The molecule has 4 N–H and O–H groups in total. The second-order valence-corrected chi connectivity index (χ2v) is 4.69. The number of benzene rings is 1. The van der Waals surface area contributed by atoms with Crippen molar-refractivity contribution in [2.45, 2.75) is 26.2 Å². The van der Waals surface area contributed by atoms with Gasteiger partial charge in [-0.3, -0.25) is 10.4 Å². The van der Waals surface area contributed by atoms with Gasteiger partial charge in [0.05, 0.1) is 0 Å². The fourth-order valence-electron chi connectivity index (χ4n) is 2.32. The van der Waals surface area contributed by atoms with Crippen molar-refractivity contribution in [1.82, 2.24) is 5.43 Å². The molecule has 5 nitrogen and oxygen atoms in total. The zero-order chi connectivity index (χ0) is 13.5. The Balaban J connectivity index is 1.99. The number of anilines is 2. The van der Waals surface area contributed by atoms with Gasteiger partial charge in [-0.25, -0.2) is 5.84 Å². The molecule has 5 heteroatoms. The quantitative estimate of drug-likeness (QED) is 0.337. The first-order valence-electron chi connectivity index (χ1n) is 6.96. The number of hydrogen-bond donors (Lipinski definition) is 3. The van der Waals surface area contributed by atoms with E-state index in [2.05, 4.69) is 44.9 Å². The SMILES string of the molecule is CCN=C(NN)Nc1ccc(N2CCCCC2)cc1. The maximum absolute atomic E-state index is 5.40. The molecule has 0 aromatic heterocycles. The molecular formula is C14H23N5. The Labute approximate surface area is 114 Å². The smallest absolute Gasteiger partial charge is 0.210 e. The van der Waals surface area contributed by atoms with Crippen LogP contribution < -0.4 is 21.5 Å². The van der Waals surface area contributed by atoms with Gasteiger partial charge in [-0.15, -0.1) is 0 Å². The lowest BCUT2D eigenvalue weighted by atomic mass is 10.1. The van der Waals surface area contributed by atoms with E-state index in [1.54, 1.807) is 0 Å². The minimum atomic E-state index is 0.591. The maximum atomic E-state index is 5.40. The van der Waals surface area contributed by atoms with Crippen LogP contribution in [0, 0.1) is 0 Å². The highest BCUT2D eigenvalue weighted by Gasteiger charge is 2.10. The van der Waals surface area contributed by atoms with Crippen molar-refractivity contribution in [2.75, 3.05) is 29.9 Å². The predicted molar refractivity (Wildman–Crippen MR) is 81.4 cm³/mol. The fourth-order valence-corrected chi connectivity index (χ4v) is 2.32. The average molecular weight is 261 g/mol. The Kier molecular flexibility index (Phi) is 5.03. The van der Waals surface area contributed by atoms with Crippen LogP contribution in [0.25, 0.3) is 0 Å². The van der Waals surface area contributed by atoms with E-state index in [4.69, 9.17) is 5.84 Å². The Bertz CT molecular complexity index is 406. The van der Waals surface area contributed by atoms with Crippen molar-refractivity contribution in [3.63, 3.8) is 0 Å². The van der Waals surface area contributed by atoms with Gasteiger partial charge in [0, 0.05) is 31.0 Å². The number of nitrogens with two attached hydrogens (primary N) is 1. The van der Waals surface area contributed by atoms with E-state index in [0.717, 1.165) is 5.69 Å². The summed E-state index contributed by atoms with van der Waals surface area (Å²) < 4.78 is 0. The molecule has 0 atom stereocenters. The highest BCUT2D eigenvalue weighted by Crippen LogP contribution is 2.21. The lowest BCUT2D eigenvalue weighted by Crippen LogP contribution is -2.36. The molecule has 1 aliphatic rings. The van der Waals surface area contributed by atoms with Gasteiger partial charge in [0.25, 0.3) is 0 Å². The molecule has 0 aliphatic carbocycles. The molecule has 104 valence electrons. The largest absolute Gasteiger partial charge is 0.372 e. The summed E-state index contributed by atoms with van der Waals surface area (Å²) in [6.45, 7) is 5.00. The van der Waals surface area contributed by atoms with Gasteiger partial charge in [-0.2, -0.15) is 0 Å². The first kappa shape index (κ1) is 13.7. The normalized spacial score (nSPS) is 16.3.